The number of hydrogen-bond donors (Lipinski definition) is 2. The maximum Gasteiger partial charge on any atom is 0.178 e. The van der Waals surface area contributed by atoms with E-state index in [9.17, 15) is 8.42 Å². The van der Waals surface area contributed by atoms with Gasteiger partial charge < -0.3 is 11.5 Å². The highest BCUT2D eigenvalue weighted by molar-refractivity contribution is 7.91. The number of nitrogen functional groups attached to an aromatic ring is 2. The van der Waals surface area contributed by atoms with Gasteiger partial charge in [0.05, 0.1) is 10.6 Å². The van der Waals surface area contributed by atoms with Crippen molar-refractivity contribution in [2.75, 3.05) is 17.2 Å². The highest BCUT2D eigenvalue weighted by Gasteiger charge is 2.18. The van der Waals surface area contributed by atoms with Gasteiger partial charge >= 0.3 is 0 Å². The number of nitrogens with two attached hydrogens (primary N) is 2. The topological polar surface area (TPSA) is 86.2 Å². The van der Waals surface area contributed by atoms with Crippen LogP contribution in [0.3, 0.4) is 0 Å². The molecule has 0 unspecified atom stereocenters. The average molecular weight is 228 g/mol. The zero-order valence-electron chi connectivity index (χ0n) is 9.16. The second kappa shape index (κ2) is 3.73. The van der Waals surface area contributed by atoms with Crippen molar-refractivity contribution in [1.29, 1.82) is 0 Å². The second-order valence-corrected chi connectivity index (χ2v) is 5.78. The van der Waals surface area contributed by atoms with Gasteiger partial charge in [0.1, 0.15) is 0 Å². The average Bonchev–Trinajstić information content (AvgIpc) is 2.20. The lowest BCUT2D eigenvalue weighted by atomic mass is 10.1. The van der Waals surface area contributed by atoms with Crippen LogP contribution < -0.4 is 11.5 Å². The van der Waals surface area contributed by atoms with E-state index in [4.69, 9.17) is 11.5 Å². The fourth-order valence-electron chi connectivity index (χ4n) is 1.41. The third kappa shape index (κ3) is 1.92. The Morgan fingerprint density at radius 2 is 1.73 bits per heavy atom. The van der Waals surface area contributed by atoms with E-state index in [1.54, 1.807) is 20.8 Å². The molecule has 0 radical (unpaired) electrons. The summed E-state index contributed by atoms with van der Waals surface area (Å²) in [6.07, 6.45) is 0. The quantitative estimate of drug-likeness (QED) is 0.746. The van der Waals surface area contributed by atoms with Crippen LogP contribution in [0.5, 0.6) is 0 Å². The number of rotatable bonds is 2. The summed E-state index contributed by atoms with van der Waals surface area (Å²) in [5.74, 6) is 0.0514. The Bertz CT molecular complexity index is 493. The maximum atomic E-state index is 11.7. The molecule has 0 fully saturated rings. The molecule has 0 amide bonds. The molecule has 0 spiro atoms. The van der Waals surface area contributed by atoms with Gasteiger partial charge in [0.15, 0.2) is 9.84 Å². The van der Waals surface area contributed by atoms with Crippen LogP contribution in [0.4, 0.5) is 11.4 Å². The summed E-state index contributed by atoms with van der Waals surface area (Å²) in [5.41, 5.74) is 13.7. The summed E-state index contributed by atoms with van der Waals surface area (Å²) in [6, 6.07) is 1.49. The molecule has 5 heteroatoms. The molecule has 0 atom stereocenters. The van der Waals surface area contributed by atoms with Crippen LogP contribution >= 0.6 is 0 Å². The van der Waals surface area contributed by atoms with E-state index in [1.807, 2.05) is 0 Å². The zero-order valence-corrected chi connectivity index (χ0v) is 9.98. The minimum atomic E-state index is -3.25. The number of sulfone groups is 1. The zero-order chi connectivity index (χ0) is 11.8. The summed E-state index contributed by atoms with van der Waals surface area (Å²) in [4.78, 5) is 0.241. The number of anilines is 2. The largest absolute Gasteiger partial charge is 0.398 e. The molecule has 15 heavy (non-hydrogen) atoms. The molecular formula is C10H16N2O2S. The minimum Gasteiger partial charge on any atom is -0.398 e. The third-order valence-corrected chi connectivity index (χ3v) is 4.47. The molecule has 1 aromatic rings. The van der Waals surface area contributed by atoms with E-state index in [1.165, 1.54) is 6.07 Å². The van der Waals surface area contributed by atoms with Gasteiger partial charge in [-0.1, -0.05) is 6.92 Å². The van der Waals surface area contributed by atoms with Crippen LogP contribution in [0.25, 0.3) is 0 Å². The highest BCUT2D eigenvalue weighted by atomic mass is 32.2. The van der Waals surface area contributed by atoms with Crippen molar-refractivity contribution in [2.45, 2.75) is 25.7 Å². The number of benzene rings is 1. The first-order valence-electron chi connectivity index (χ1n) is 4.69. The van der Waals surface area contributed by atoms with Gasteiger partial charge in [-0.3, -0.25) is 0 Å². The Morgan fingerprint density at radius 1 is 1.20 bits per heavy atom. The smallest absolute Gasteiger partial charge is 0.178 e. The van der Waals surface area contributed by atoms with Crippen molar-refractivity contribution in [2.24, 2.45) is 0 Å². The SMILES string of the molecule is CCS(=O)(=O)c1cc(N)c(C)c(N)c1C. The molecule has 0 aromatic heterocycles. The molecule has 0 aliphatic carbocycles. The van der Waals surface area contributed by atoms with Crippen molar-refractivity contribution in [1.82, 2.24) is 0 Å². The standard InChI is InChI=1S/C10H16N2O2S/c1-4-15(13,14)9-5-8(11)6(2)10(12)7(9)3/h5H,4,11-12H2,1-3H3. The van der Waals surface area contributed by atoms with E-state index < -0.39 is 9.84 Å². The molecule has 0 aliphatic rings. The fourth-order valence-corrected chi connectivity index (χ4v) is 2.60. The van der Waals surface area contributed by atoms with Gasteiger partial charge in [-0.2, -0.15) is 0 Å². The lowest BCUT2D eigenvalue weighted by Crippen LogP contribution is -2.10. The lowest BCUT2D eigenvalue weighted by molar-refractivity contribution is 0.596. The fraction of sp³-hybridized carbons (Fsp3) is 0.400. The predicted molar refractivity (Wildman–Crippen MR) is 62.5 cm³/mol. The molecule has 1 rings (SSSR count). The summed E-state index contributed by atoms with van der Waals surface area (Å²) < 4.78 is 23.5. The molecule has 0 saturated carbocycles. The van der Waals surface area contributed by atoms with E-state index >= 15 is 0 Å². The van der Waals surface area contributed by atoms with Crippen molar-refractivity contribution < 1.29 is 8.42 Å². The second-order valence-electron chi connectivity index (χ2n) is 3.53. The van der Waals surface area contributed by atoms with Crippen LogP contribution in [0.15, 0.2) is 11.0 Å². The van der Waals surface area contributed by atoms with Crippen LogP contribution in [0.2, 0.25) is 0 Å². The Morgan fingerprint density at radius 3 is 2.20 bits per heavy atom. The van der Waals surface area contributed by atoms with Crippen molar-refractivity contribution in [3.05, 3.63) is 17.2 Å². The van der Waals surface area contributed by atoms with Gasteiger partial charge in [-0.05, 0) is 31.0 Å². The minimum absolute atomic E-state index is 0.0514. The van der Waals surface area contributed by atoms with Crippen LogP contribution in [-0.2, 0) is 9.84 Å². The first-order valence-corrected chi connectivity index (χ1v) is 6.34. The highest BCUT2D eigenvalue weighted by Crippen LogP contribution is 2.29. The normalized spacial score (nSPS) is 11.7. The van der Waals surface area contributed by atoms with Gasteiger partial charge in [0.2, 0.25) is 0 Å². The van der Waals surface area contributed by atoms with E-state index in [0.717, 1.165) is 5.56 Å². The van der Waals surface area contributed by atoms with Crippen molar-refractivity contribution >= 4 is 21.2 Å². The molecule has 0 bridgehead atoms. The van der Waals surface area contributed by atoms with Crippen molar-refractivity contribution in [3.8, 4) is 0 Å². The first-order chi connectivity index (χ1) is 6.81. The Labute approximate surface area is 90.2 Å². The molecule has 84 valence electrons. The molecule has 4 nitrogen and oxygen atoms in total. The summed E-state index contributed by atoms with van der Waals surface area (Å²) in [7, 11) is -3.25. The molecular weight excluding hydrogens is 212 g/mol. The predicted octanol–water partition coefficient (Wildman–Crippen LogP) is 1.26. The van der Waals surface area contributed by atoms with E-state index in [2.05, 4.69) is 0 Å². The summed E-state index contributed by atoms with van der Waals surface area (Å²) in [6.45, 7) is 5.07. The summed E-state index contributed by atoms with van der Waals surface area (Å²) >= 11 is 0. The Hall–Kier alpha value is -1.23. The van der Waals surface area contributed by atoms with Crippen LogP contribution in [0.1, 0.15) is 18.1 Å². The summed E-state index contributed by atoms with van der Waals surface area (Å²) in [5, 5.41) is 0. The van der Waals surface area contributed by atoms with Gasteiger partial charge in [-0.25, -0.2) is 8.42 Å². The van der Waals surface area contributed by atoms with Crippen LogP contribution in [0, 0.1) is 13.8 Å². The Balaban J connectivity index is 3.60. The van der Waals surface area contributed by atoms with Crippen LogP contribution in [-0.4, -0.2) is 14.2 Å². The number of hydrogen-bond acceptors (Lipinski definition) is 4. The third-order valence-electron chi connectivity index (χ3n) is 2.61. The molecule has 0 aliphatic heterocycles. The monoisotopic (exact) mass is 228 g/mol. The van der Waals surface area contributed by atoms with E-state index in [0.29, 0.717) is 16.9 Å². The van der Waals surface area contributed by atoms with Gasteiger partial charge in [-0.15, -0.1) is 0 Å². The first kappa shape index (κ1) is 11.8. The van der Waals surface area contributed by atoms with Crippen molar-refractivity contribution in [3.63, 3.8) is 0 Å². The van der Waals surface area contributed by atoms with Gasteiger partial charge in [0, 0.05) is 11.4 Å². The van der Waals surface area contributed by atoms with E-state index in [-0.39, 0.29) is 10.6 Å². The maximum absolute atomic E-state index is 11.7. The Kier molecular flexibility index (Phi) is 2.95. The van der Waals surface area contributed by atoms with Gasteiger partial charge in [0.25, 0.3) is 0 Å². The molecule has 4 N–H and O–H groups in total. The molecule has 0 saturated heterocycles. The molecule has 0 heterocycles. The lowest BCUT2D eigenvalue weighted by Gasteiger charge is -2.13. The molecule has 1 aromatic carbocycles.